The maximum atomic E-state index is 13.5. The molecule has 2 atom stereocenters. The Morgan fingerprint density at radius 2 is 1.64 bits per heavy atom. The summed E-state index contributed by atoms with van der Waals surface area (Å²) in [5.74, 6) is -1.01. The number of benzene rings is 1. The lowest BCUT2D eigenvalue weighted by molar-refractivity contribution is -0.161. The van der Waals surface area contributed by atoms with Crippen LogP contribution in [0.15, 0.2) is 24.3 Å². The molecule has 8 nitrogen and oxygen atoms in total. The number of rotatable bonds is 6. The predicted octanol–water partition coefficient (Wildman–Crippen LogP) is 4.23. The summed E-state index contributed by atoms with van der Waals surface area (Å²) in [6, 6.07) is 5.69. The quantitative estimate of drug-likeness (QED) is 0.483. The van der Waals surface area contributed by atoms with Crippen LogP contribution in [0.1, 0.15) is 74.3 Å². The number of ether oxygens (including phenoxy) is 1. The predicted molar refractivity (Wildman–Crippen MR) is 141 cm³/mol. The Kier molecular flexibility index (Phi) is 8.79. The van der Waals surface area contributed by atoms with Crippen molar-refractivity contribution < 1.29 is 24.2 Å². The first-order valence-electron chi connectivity index (χ1n) is 12.4. The Hall–Kier alpha value is -2.32. The summed E-state index contributed by atoms with van der Waals surface area (Å²) in [4.78, 5) is 40.6. The summed E-state index contributed by atoms with van der Waals surface area (Å²) in [6.07, 6.45) is 0.343. The smallest absolute Gasteiger partial charge is 0.331 e. The fraction of sp³-hybridized carbons (Fsp3) is 0.667. The van der Waals surface area contributed by atoms with Crippen molar-refractivity contribution in [1.82, 2.24) is 15.5 Å². The molecule has 202 valence electrons. The van der Waals surface area contributed by atoms with Gasteiger partial charge in [0.25, 0.3) is 0 Å². The Morgan fingerprint density at radius 1 is 1.08 bits per heavy atom. The van der Waals surface area contributed by atoms with Crippen LogP contribution in [0.4, 0.5) is 4.79 Å². The fourth-order valence-electron chi connectivity index (χ4n) is 4.40. The molecule has 0 spiro atoms. The molecule has 0 bridgehead atoms. The van der Waals surface area contributed by atoms with Crippen LogP contribution in [0.25, 0.3) is 0 Å². The van der Waals surface area contributed by atoms with Crippen molar-refractivity contribution in [2.75, 3.05) is 13.1 Å². The molecule has 36 heavy (non-hydrogen) atoms. The van der Waals surface area contributed by atoms with Gasteiger partial charge in [-0.15, -0.1) is 0 Å². The highest BCUT2D eigenvalue weighted by Crippen LogP contribution is 2.46. The van der Waals surface area contributed by atoms with Crippen molar-refractivity contribution in [3.05, 3.63) is 34.9 Å². The zero-order valence-electron chi connectivity index (χ0n) is 23.0. The van der Waals surface area contributed by atoms with Gasteiger partial charge in [0.05, 0.1) is 5.60 Å². The van der Waals surface area contributed by atoms with Crippen molar-refractivity contribution >= 4 is 29.5 Å². The second-order valence-electron chi connectivity index (χ2n) is 12.2. The molecule has 3 amide bonds. The van der Waals surface area contributed by atoms with Crippen LogP contribution in [0.5, 0.6) is 0 Å². The third kappa shape index (κ3) is 6.91. The lowest BCUT2D eigenvalue weighted by Gasteiger charge is -2.51. The third-order valence-electron chi connectivity index (χ3n) is 6.64. The molecule has 0 radical (unpaired) electrons. The highest BCUT2D eigenvalue weighted by molar-refractivity contribution is 6.30. The zero-order valence-corrected chi connectivity index (χ0v) is 23.7. The molecule has 1 aliphatic rings. The van der Waals surface area contributed by atoms with Gasteiger partial charge in [0.15, 0.2) is 0 Å². The van der Waals surface area contributed by atoms with Crippen molar-refractivity contribution in [2.45, 2.75) is 91.5 Å². The maximum Gasteiger partial charge on any atom is 0.331 e. The van der Waals surface area contributed by atoms with E-state index in [9.17, 15) is 19.5 Å². The number of esters is 1. The van der Waals surface area contributed by atoms with Gasteiger partial charge in [0.1, 0.15) is 17.2 Å². The van der Waals surface area contributed by atoms with Crippen LogP contribution in [0.3, 0.4) is 0 Å². The number of nitrogens with zero attached hydrogens (tertiary/aromatic N) is 1. The molecular formula is C27H42ClN3O5. The van der Waals surface area contributed by atoms with Crippen LogP contribution in [-0.2, 0) is 19.9 Å². The van der Waals surface area contributed by atoms with Gasteiger partial charge >= 0.3 is 12.0 Å². The Morgan fingerprint density at radius 3 is 2.11 bits per heavy atom. The summed E-state index contributed by atoms with van der Waals surface area (Å²) in [5.41, 5.74) is -3.02. The molecule has 1 aromatic carbocycles. The van der Waals surface area contributed by atoms with Crippen LogP contribution in [0.2, 0.25) is 5.02 Å². The summed E-state index contributed by atoms with van der Waals surface area (Å²) < 4.78 is 5.40. The highest BCUT2D eigenvalue weighted by Gasteiger charge is 2.50. The minimum absolute atomic E-state index is 0.201. The van der Waals surface area contributed by atoms with Gasteiger partial charge in [-0.3, -0.25) is 4.79 Å². The number of nitrogens with one attached hydrogen (secondary N) is 2. The Labute approximate surface area is 220 Å². The van der Waals surface area contributed by atoms with Gasteiger partial charge in [-0.2, -0.15) is 0 Å². The summed E-state index contributed by atoms with van der Waals surface area (Å²) >= 11 is 6.02. The SMILES string of the molecule is CC(C)[C@@H](NC(=O)NC(C)(C)C(=O)OC(C)(C)C)C(=O)N1CC[C@](O)(c2ccc(Cl)cc2)C(C)(C)C1. The molecule has 0 aromatic heterocycles. The number of piperidine rings is 1. The average molecular weight is 524 g/mol. The molecule has 1 saturated heterocycles. The molecule has 1 aliphatic heterocycles. The zero-order chi connectivity index (χ0) is 27.7. The van der Waals surface area contributed by atoms with E-state index in [1.807, 2.05) is 39.8 Å². The molecule has 9 heteroatoms. The molecule has 1 heterocycles. The molecular weight excluding hydrogens is 482 g/mol. The van der Waals surface area contributed by atoms with Crippen LogP contribution >= 0.6 is 11.6 Å². The van der Waals surface area contributed by atoms with E-state index >= 15 is 0 Å². The van der Waals surface area contributed by atoms with E-state index in [1.165, 1.54) is 0 Å². The lowest BCUT2D eigenvalue weighted by atomic mass is 9.66. The van der Waals surface area contributed by atoms with Gasteiger partial charge in [-0.25, -0.2) is 9.59 Å². The van der Waals surface area contributed by atoms with Crippen LogP contribution < -0.4 is 10.6 Å². The van der Waals surface area contributed by atoms with E-state index in [1.54, 1.807) is 51.7 Å². The largest absolute Gasteiger partial charge is 0.458 e. The second kappa shape index (κ2) is 10.6. The van der Waals surface area contributed by atoms with Crippen LogP contribution in [-0.4, -0.2) is 58.2 Å². The first kappa shape index (κ1) is 29.9. The summed E-state index contributed by atoms with van der Waals surface area (Å²) in [7, 11) is 0. The average Bonchev–Trinajstić information content (AvgIpc) is 2.72. The van der Waals surface area contributed by atoms with Crippen molar-refractivity contribution in [3.63, 3.8) is 0 Å². The number of carbonyl (C=O) groups is 3. The fourth-order valence-corrected chi connectivity index (χ4v) is 4.53. The molecule has 0 saturated carbocycles. The van der Waals surface area contributed by atoms with E-state index in [2.05, 4.69) is 10.6 Å². The van der Waals surface area contributed by atoms with Crippen molar-refractivity contribution in [3.8, 4) is 0 Å². The number of aliphatic hydroxyl groups is 1. The lowest BCUT2D eigenvalue weighted by Crippen LogP contribution is -2.62. The van der Waals surface area contributed by atoms with Gasteiger partial charge in [0.2, 0.25) is 5.91 Å². The number of carbonyl (C=O) groups excluding carboxylic acids is 3. The van der Waals surface area contributed by atoms with Gasteiger partial charge in [-0.1, -0.05) is 51.4 Å². The van der Waals surface area contributed by atoms with E-state index in [-0.39, 0.29) is 11.8 Å². The first-order valence-corrected chi connectivity index (χ1v) is 12.8. The topological polar surface area (TPSA) is 108 Å². The number of hydrogen-bond donors (Lipinski definition) is 3. The third-order valence-corrected chi connectivity index (χ3v) is 6.89. The molecule has 3 N–H and O–H groups in total. The van der Waals surface area contributed by atoms with Crippen LogP contribution in [0, 0.1) is 11.3 Å². The summed E-state index contributed by atoms with van der Waals surface area (Å²) in [6.45, 7) is 16.5. The number of hydrogen-bond acceptors (Lipinski definition) is 5. The first-order chi connectivity index (χ1) is 16.3. The minimum atomic E-state index is -1.29. The van der Waals surface area contributed by atoms with Gasteiger partial charge in [-0.05, 0) is 64.7 Å². The van der Waals surface area contributed by atoms with Crippen molar-refractivity contribution in [1.29, 1.82) is 0 Å². The molecule has 1 aromatic rings. The Bertz CT molecular complexity index is 969. The summed E-state index contributed by atoms with van der Waals surface area (Å²) in [5, 5.41) is 17.6. The highest BCUT2D eigenvalue weighted by atomic mass is 35.5. The standard InChI is InChI=1S/C27H42ClN3O5/c1-17(2)20(29-23(34)30-26(8,9)22(33)36-24(3,4)5)21(32)31-15-14-27(35,25(6,7)16-31)18-10-12-19(28)13-11-18/h10-13,17,20,35H,14-16H2,1-9H3,(H2,29,30,34)/t20-,27+/m1/s1. The second-order valence-corrected chi connectivity index (χ2v) is 12.6. The van der Waals surface area contributed by atoms with E-state index in [0.29, 0.717) is 24.5 Å². The number of likely N-dealkylation sites (tertiary alicyclic amines) is 1. The minimum Gasteiger partial charge on any atom is -0.458 e. The van der Waals surface area contributed by atoms with E-state index in [4.69, 9.17) is 16.3 Å². The maximum absolute atomic E-state index is 13.5. The monoisotopic (exact) mass is 523 g/mol. The van der Waals surface area contributed by atoms with E-state index < -0.39 is 40.2 Å². The normalized spacial score (nSPS) is 21.1. The van der Waals surface area contributed by atoms with Crippen molar-refractivity contribution in [2.24, 2.45) is 11.3 Å². The molecule has 1 fully saturated rings. The van der Waals surface area contributed by atoms with E-state index in [0.717, 1.165) is 5.56 Å². The number of urea groups is 1. The number of amides is 3. The van der Waals surface area contributed by atoms with Gasteiger partial charge in [0, 0.05) is 23.5 Å². The molecule has 0 aliphatic carbocycles. The van der Waals surface area contributed by atoms with Gasteiger partial charge < -0.3 is 25.4 Å². The molecule has 2 rings (SSSR count). The Balaban J connectivity index is 2.13. The number of halogens is 1. The molecule has 0 unspecified atom stereocenters.